The number of hydrogen-bond acceptors (Lipinski definition) is 4. The molecule has 3 aromatic rings. The van der Waals surface area contributed by atoms with Crippen molar-refractivity contribution in [3.05, 3.63) is 69.3 Å². The van der Waals surface area contributed by atoms with Gasteiger partial charge >= 0.3 is 5.97 Å². The van der Waals surface area contributed by atoms with Crippen LogP contribution in [0, 0.1) is 17.5 Å². The summed E-state index contributed by atoms with van der Waals surface area (Å²) in [7, 11) is 0.918. The molecule has 3 rings (SSSR count). The number of hydrogen-bond donors (Lipinski definition) is 2. The molecule has 0 bridgehead atoms. The molecule has 0 unspecified atom stereocenters. The number of thiophene rings is 1. The van der Waals surface area contributed by atoms with Crippen LogP contribution in [0.15, 0.2) is 35.7 Å². The largest absolute Gasteiger partial charge is 0.491 e. The van der Waals surface area contributed by atoms with E-state index in [1.807, 2.05) is 0 Å². The van der Waals surface area contributed by atoms with Crippen molar-refractivity contribution in [3.63, 3.8) is 0 Å². The molecule has 0 aliphatic heterocycles. The highest BCUT2D eigenvalue weighted by atomic mass is 35.5. The number of anilines is 1. The molecule has 1 amide bonds. The summed E-state index contributed by atoms with van der Waals surface area (Å²) in [6, 6.07) is 6.78. The zero-order chi connectivity index (χ0) is 21.3. The first-order chi connectivity index (χ1) is 13.7. The third-order valence-electron chi connectivity index (χ3n) is 3.93. The number of carboxylic acids is 1. The van der Waals surface area contributed by atoms with Crippen molar-refractivity contribution in [1.82, 2.24) is 0 Å². The standard InChI is InChI=1S/C19H11ClF3NO4S/c1-28-16-14(22)10(6-12(21)15(16)23)17(25)24-18-13(19(26)27)11(7-29-18)8-3-2-4-9(20)5-8/h2-7H,1H3,(H,24,25)(H,26,27). The quantitative estimate of drug-likeness (QED) is 0.516. The molecule has 150 valence electrons. The lowest BCUT2D eigenvalue weighted by Crippen LogP contribution is -2.16. The topological polar surface area (TPSA) is 75.6 Å². The Kier molecular flexibility index (Phi) is 5.81. The molecule has 2 aromatic carbocycles. The van der Waals surface area contributed by atoms with E-state index >= 15 is 0 Å². The van der Waals surface area contributed by atoms with E-state index in [1.165, 1.54) is 5.38 Å². The Morgan fingerprint density at radius 2 is 1.90 bits per heavy atom. The highest BCUT2D eigenvalue weighted by molar-refractivity contribution is 7.15. The molecular formula is C19H11ClF3NO4S. The van der Waals surface area contributed by atoms with Crippen LogP contribution in [-0.4, -0.2) is 24.1 Å². The van der Waals surface area contributed by atoms with Crippen LogP contribution in [0.5, 0.6) is 5.75 Å². The first-order valence-corrected chi connectivity index (χ1v) is 9.13. The molecule has 0 saturated heterocycles. The molecule has 0 fully saturated rings. The van der Waals surface area contributed by atoms with E-state index < -0.39 is 40.6 Å². The highest BCUT2D eigenvalue weighted by Crippen LogP contribution is 2.37. The summed E-state index contributed by atoms with van der Waals surface area (Å²) < 4.78 is 46.0. The lowest BCUT2D eigenvalue weighted by atomic mass is 10.0. The van der Waals surface area contributed by atoms with Gasteiger partial charge in [0.15, 0.2) is 17.4 Å². The predicted octanol–water partition coefficient (Wildman–Crippen LogP) is 5.44. The van der Waals surface area contributed by atoms with Crippen LogP contribution in [0.1, 0.15) is 20.7 Å². The van der Waals surface area contributed by atoms with Crippen LogP contribution in [0.2, 0.25) is 5.02 Å². The number of methoxy groups -OCH3 is 1. The van der Waals surface area contributed by atoms with Crippen molar-refractivity contribution < 1.29 is 32.6 Å². The second-order valence-electron chi connectivity index (χ2n) is 5.69. The molecule has 1 heterocycles. The van der Waals surface area contributed by atoms with Gasteiger partial charge in [-0.15, -0.1) is 11.3 Å². The Morgan fingerprint density at radius 1 is 1.17 bits per heavy atom. The van der Waals surface area contributed by atoms with Crippen LogP contribution in [-0.2, 0) is 0 Å². The molecule has 0 spiro atoms. The molecule has 0 saturated carbocycles. The van der Waals surface area contributed by atoms with Gasteiger partial charge in [0.2, 0.25) is 5.82 Å². The SMILES string of the molecule is COc1c(F)c(F)cc(C(=O)Nc2scc(-c3cccc(Cl)c3)c2C(=O)O)c1F. The monoisotopic (exact) mass is 441 g/mol. The minimum Gasteiger partial charge on any atom is -0.491 e. The van der Waals surface area contributed by atoms with E-state index in [1.54, 1.807) is 24.3 Å². The number of benzene rings is 2. The van der Waals surface area contributed by atoms with Crippen LogP contribution in [0.25, 0.3) is 11.1 Å². The molecule has 0 radical (unpaired) electrons. The first-order valence-electron chi connectivity index (χ1n) is 7.88. The Bertz CT molecular complexity index is 1130. The fraction of sp³-hybridized carbons (Fsp3) is 0.0526. The molecule has 29 heavy (non-hydrogen) atoms. The third-order valence-corrected chi connectivity index (χ3v) is 5.06. The Hall–Kier alpha value is -3.04. The number of carbonyl (C=O) groups is 2. The van der Waals surface area contributed by atoms with Gasteiger partial charge in [-0.25, -0.2) is 13.6 Å². The smallest absolute Gasteiger partial charge is 0.339 e. The number of amides is 1. The maximum absolute atomic E-state index is 14.3. The zero-order valence-corrected chi connectivity index (χ0v) is 16.1. The number of aromatic carboxylic acids is 1. The van der Waals surface area contributed by atoms with Crippen molar-refractivity contribution in [2.75, 3.05) is 12.4 Å². The summed E-state index contributed by atoms with van der Waals surface area (Å²) in [5.41, 5.74) is -0.314. The Balaban J connectivity index is 2.03. The van der Waals surface area contributed by atoms with Crippen molar-refractivity contribution in [3.8, 4) is 16.9 Å². The van der Waals surface area contributed by atoms with E-state index in [0.717, 1.165) is 18.4 Å². The fourth-order valence-corrected chi connectivity index (χ4v) is 3.77. The highest BCUT2D eigenvalue weighted by Gasteiger charge is 2.26. The minimum atomic E-state index is -1.58. The minimum absolute atomic E-state index is 0.111. The lowest BCUT2D eigenvalue weighted by molar-refractivity contribution is 0.0699. The second-order valence-corrected chi connectivity index (χ2v) is 7.01. The number of nitrogens with one attached hydrogen (secondary N) is 1. The Morgan fingerprint density at radius 3 is 2.52 bits per heavy atom. The molecule has 0 atom stereocenters. The number of ether oxygens (including phenoxy) is 1. The lowest BCUT2D eigenvalue weighted by Gasteiger charge is -2.10. The van der Waals surface area contributed by atoms with Crippen LogP contribution >= 0.6 is 22.9 Å². The number of rotatable bonds is 5. The van der Waals surface area contributed by atoms with Crippen LogP contribution < -0.4 is 10.1 Å². The van der Waals surface area contributed by atoms with E-state index in [-0.39, 0.29) is 16.1 Å². The Labute approximate surface area is 171 Å². The summed E-state index contributed by atoms with van der Waals surface area (Å²) >= 11 is 6.81. The summed E-state index contributed by atoms with van der Waals surface area (Å²) in [6.45, 7) is 0. The first kappa shape index (κ1) is 20.7. The molecule has 2 N–H and O–H groups in total. The van der Waals surface area contributed by atoms with Crippen molar-refractivity contribution in [2.24, 2.45) is 0 Å². The average molecular weight is 442 g/mol. The molecule has 5 nitrogen and oxygen atoms in total. The normalized spacial score (nSPS) is 10.7. The predicted molar refractivity (Wildman–Crippen MR) is 103 cm³/mol. The molecule has 0 aliphatic carbocycles. The van der Waals surface area contributed by atoms with E-state index in [0.29, 0.717) is 16.7 Å². The van der Waals surface area contributed by atoms with Gasteiger partial charge in [0, 0.05) is 16.0 Å². The second kappa shape index (κ2) is 8.14. The molecule has 10 heteroatoms. The van der Waals surface area contributed by atoms with Crippen LogP contribution in [0.3, 0.4) is 0 Å². The molecule has 0 aliphatic rings. The summed E-state index contributed by atoms with van der Waals surface area (Å²) in [5.74, 6) is -8.04. The number of halogens is 4. The fourth-order valence-electron chi connectivity index (χ4n) is 2.63. The van der Waals surface area contributed by atoms with Gasteiger partial charge in [-0.3, -0.25) is 4.79 Å². The van der Waals surface area contributed by atoms with E-state index in [4.69, 9.17) is 11.6 Å². The third kappa shape index (κ3) is 3.92. The van der Waals surface area contributed by atoms with Gasteiger partial charge in [0.05, 0.1) is 12.7 Å². The summed E-state index contributed by atoms with van der Waals surface area (Å²) in [5, 5.41) is 13.6. The van der Waals surface area contributed by atoms with Gasteiger partial charge in [-0.05, 0) is 23.8 Å². The van der Waals surface area contributed by atoms with E-state index in [2.05, 4.69) is 10.1 Å². The maximum Gasteiger partial charge on any atom is 0.339 e. The number of carboxylic acid groups (broad SMARTS) is 1. The van der Waals surface area contributed by atoms with E-state index in [9.17, 15) is 27.9 Å². The van der Waals surface area contributed by atoms with Crippen molar-refractivity contribution in [1.29, 1.82) is 0 Å². The van der Waals surface area contributed by atoms with Gasteiger partial charge in [0.1, 0.15) is 10.6 Å². The summed E-state index contributed by atoms with van der Waals surface area (Å²) in [4.78, 5) is 24.2. The average Bonchev–Trinajstić information content (AvgIpc) is 3.09. The van der Waals surface area contributed by atoms with Crippen molar-refractivity contribution >= 4 is 39.8 Å². The molecule has 1 aromatic heterocycles. The number of carbonyl (C=O) groups excluding carboxylic acids is 1. The van der Waals surface area contributed by atoms with Crippen molar-refractivity contribution in [2.45, 2.75) is 0 Å². The van der Waals surface area contributed by atoms with Gasteiger partial charge < -0.3 is 15.2 Å². The van der Waals surface area contributed by atoms with Gasteiger partial charge in [-0.1, -0.05) is 23.7 Å². The van der Waals surface area contributed by atoms with Gasteiger partial charge in [0.25, 0.3) is 5.91 Å². The molecular weight excluding hydrogens is 431 g/mol. The van der Waals surface area contributed by atoms with Crippen LogP contribution in [0.4, 0.5) is 18.2 Å². The maximum atomic E-state index is 14.3. The summed E-state index contributed by atoms with van der Waals surface area (Å²) in [6.07, 6.45) is 0. The zero-order valence-electron chi connectivity index (χ0n) is 14.6. The van der Waals surface area contributed by atoms with Gasteiger partial charge in [-0.2, -0.15) is 4.39 Å².